The van der Waals surface area contributed by atoms with Crippen molar-refractivity contribution in [1.29, 1.82) is 0 Å². The highest BCUT2D eigenvalue weighted by Crippen LogP contribution is 2.17. The molecule has 0 aromatic heterocycles. The van der Waals surface area contributed by atoms with Crippen LogP contribution in [0.5, 0.6) is 0 Å². The second-order valence-corrected chi connectivity index (χ2v) is 4.73. The summed E-state index contributed by atoms with van der Waals surface area (Å²) in [6, 6.07) is 5.73. The molecular weight excluding hydrogens is 237 g/mol. The lowest BCUT2D eigenvalue weighted by Gasteiger charge is -2.22. The smallest absolute Gasteiger partial charge is 0.123 e. The molecule has 1 fully saturated rings. The van der Waals surface area contributed by atoms with Crippen molar-refractivity contribution >= 4 is 0 Å². The van der Waals surface area contributed by atoms with Crippen LogP contribution in [-0.2, 0) is 4.74 Å². The van der Waals surface area contributed by atoms with E-state index in [0.717, 1.165) is 0 Å². The third-order valence-corrected chi connectivity index (χ3v) is 3.13. The van der Waals surface area contributed by atoms with Crippen molar-refractivity contribution in [3.63, 3.8) is 0 Å². The molecule has 1 aromatic rings. The van der Waals surface area contributed by atoms with Crippen LogP contribution in [0.25, 0.3) is 0 Å². The number of aliphatic hydroxyl groups excluding tert-OH is 1. The Morgan fingerprint density at radius 2 is 2.11 bits per heavy atom. The Bertz CT molecular complexity index is 376. The van der Waals surface area contributed by atoms with Crippen LogP contribution >= 0.6 is 0 Å². The van der Waals surface area contributed by atoms with E-state index in [1.54, 1.807) is 12.1 Å². The highest BCUT2D eigenvalue weighted by atomic mass is 19.1. The number of rotatable bonds is 5. The second kappa shape index (κ2) is 5.75. The Balaban J connectivity index is 1.77. The van der Waals surface area contributed by atoms with E-state index in [4.69, 9.17) is 4.74 Å². The van der Waals surface area contributed by atoms with E-state index in [0.29, 0.717) is 38.3 Å². The van der Waals surface area contributed by atoms with E-state index in [-0.39, 0.29) is 5.82 Å². The van der Waals surface area contributed by atoms with Gasteiger partial charge in [0.15, 0.2) is 0 Å². The molecule has 0 saturated carbocycles. The van der Waals surface area contributed by atoms with Crippen LogP contribution < -0.4 is 5.32 Å². The molecule has 1 heterocycles. The maximum Gasteiger partial charge on any atom is 0.123 e. The van der Waals surface area contributed by atoms with E-state index >= 15 is 0 Å². The molecule has 1 aliphatic rings. The lowest BCUT2D eigenvalue weighted by molar-refractivity contribution is 0.0244. The third-order valence-electron chi connectivity index (χ3n) is 3.13. The summed E-state index contributed by atoms with van der Waals surface area (Å²) in [5, 5.41) is 22.9. The zero-order valence-electron chi connectivity index (χ0n) is 10.1. The lowest BCUT2D eigenvalue weighted by atomic mass is 10.0. The van der Waals surface area contributed by atoms with Crippen LogP contribution in [0.3, 0.4) is 0 Å². The Morgan fingerprint density at radius 1 is 1.39 bits per heavy atom. The molecule has 1 aliphatic heterocycles. The molecule has 5 heteroatoms. The normalized spacial score (nSPS) is 25.3. The van der Waals surface area contributed by atoms with Gasteiger partial charge >= 0.3 is 0 Å². The van der Waals surface area contributed by atoms with Gasteiger partial charge in [-0.3, -0.25) is 0 Å². The molecule has 2 unspecified atom stereocenters. The lowest BCUT2D eigenvalue weighted by Crippen LogP contribution is -2.42. The Hall–Kier alpha value is -1.01. The molecular formula is C13H18FNO3. The Morgan fingerprint density at radius 3 is 2.72 bits per heavy atom. The zero-order chi connectivity index (χ0) is 13.0. The molecule has 0 radical (unpaired) electrons. The number of benzene rings is 1. The van der Waals surface area contributed by atoms with Gasteiger partial charge in [0.2, 0.25) is 0 Å². The van der Waals surface area contributed by atoms with Crippen molar-refractivity contribution in [3.05, 3.63) is 35.6 Å². The molecule has 2 rings (SSSR count). The first-order valence-electron chi connectivity index (χ1n) is 6.03. The standard InChI is InChI=1S/C13H18FNO3/c14-11-3-1-10(2-4-11)12(16)7-15-8-13(17)5-6-18-9-13/h1-4,12,15-17H,5-9H2. The zero-order valence-corrected chi connectivity index (χ0v) is 10.1. The highest BCUT2D eigenvalue weighted by molar-refractivity contribution is 5.18. The van der Waals surface area contributed by atoms with Gasteiger partial charge in [-0.25, -0.2) is 4.39 Å². The summed E-state index contributed by atoms with van der Waals surface area (Å²) in [7, 11) is 0. The fourth-order valence-electron chi connectivity index (χ4n) is 1.98. The number of hydrogen-bond donors (Lipinski definition) is 3. The molecule has 100 valence electrons. The van der Waals surface area contributed by atoms with Gasteiger partial charge in [0, 0.05) is 26.1 Å². The SMILES string of the molecule is OC(CNCC1(O)CCOC1)c1ccc(F)cc1. The van der Waals surface area contributed by atoms with Gasteiger partial charge in [0.25, 0.3) is 0 Å². The van der Waals surface area contributed by atoms with E-state index in [1.807, 2.05) is 0 Å². The van der Waals surface area contributed by atoms with Gasteiger partial charge in [0.05, 0.1) is 12.7 Å². The van der Waals surface area contributed by atoms with Gasteiger partial charge < -0.3 is 20.3 Å². The number of nitrogens with one attached hydrogen (secondary N) is 1. The maximum absolute atomic E-state index is 12.7. The van der Waals surface area contributed by atoms with Crippen LogP contribution in [-0.4, -0.2) is 42.1 Å². The van der Waals surface area contributed by atoms with Gasteiger partial charge in [-0.15, -0.1) is 0 Å². The molecule has 0 bridgehead atoms. The van der Waals surface area contributed by atoms with Crippen molar-refractivity contribution < 1.29 is 19.3 Å². The quantitative estimate of drug-likeness (QED) is 0.721. The summed E-state index contributed by atoms with van der Waals surface area (Å²) in [6.07, 6.45) is -0.108. The first-order chi connectivity index (χ1) is 8.59. The van der Waals surface area contributed by atoms with E-state index < -0.39 is 11.7 Å². The molecule has 0 spiro atoms. The van der Waals surface area contributed by atoms with Crippen molar-refractivity contribution in [2.45, 2.75) is 18.1 Å². The first-order valence-corrected chi connectivity index (χ1v) is 6.03. The molecule has 18 heavy (non-hydrogen) atoms. The van der Waals surface area contributed by atoms with Crippen LogP contribution in [0.1, 0.15) is 18.1 Å². The van der Waals surface area contributed by atoms with Gasteiger partial charge in [-0.05, 0) is 17.7 Å². The Kier molecular flexibility index (Phi) is 4.29. The second-order valence-electron chi connectivity index (χ2n) is 4.73. The minimum absolute atomic E-state index is 0.313. The minimum atomic E-state index is -0.831. The number of halogens is 1. The molecule has 1 aromatic carbocycles. The van der Waals surface area contributed by atoms with Crippen molar-refractivity contribution in [1.82, 2.24) is 5.32 Å². The average Bonchev–Trinajstić information content (AvgIpc) is 2.77. The van der Waals surface area contributed by atoms with Gasteiger partial charge in [-0.1, -0.05) is 12.1 Å². The maximum atomic E-state index is 12.7. The molecule has 0 aliphatic carbocycles. The highest BCUT2D eigenvalue weighted by Gasteiger charge is 2.31. The summed E-state index contributed by atoms with van der Waals surface area (Å²) in [4.78, 5) is 0. The van der Waals surface area contributed by atoms with E-state index in [2.05, 4.69) is 5.32 Å². The van der Waals surface area contributed by atoms with Crippen molar-refractivity contribution in [3.8, 4) is 0 Å². The number of ether oxygens (including phenoxy) is 1. The molecule has 0 amide bonds. The van der Waals surface area contributed by atoms with E-state index in [1.165, 1.54) is 12.1 Å². The summed E-state index contributed by atoms with van der Waals surface area (Å²) < 4.78 is 17.8. The predicted octanol–water partition coefficient (Wildman–Crippen LogP) is 0.600. The first kappa shape index (κ1) is 13.4. The monoisotopic (exact) mass is 255 g/mol. The predicted molar refractivity (Wildman–Crippen MR) is 64.6 cm³/mol. The van der Waals surface area contributed by atoms with Crippen LogP contribution in [0, 0.1) is 5.82 Å². The fourth-order valence-corrected chi connectivity index (χ4v) is 1.98. The molecule has 2 atom stereocenters. The van der Waals surface area contributed by atoms with Crippen LogP contribution in [0.2, 0.25) is 0 Å². The largest absolute Gasteiger partial charge is 0.387 e. The fraction of sp³-hybridized carbons (Fsp3) is 0.538. The molecule has 4 nitrogen and oxygen atoms in total. The molecule has 3 N–H and O–H groups in total. The Labute approximate surface area is 105 Å². The van der Waals surface area contributed by atoms with E-state index in [9.17, 15) is 14.6 Å². The van der Waals surface area contributed by atoms with Gasteiger partial charge in [-0.2, -0.15) is 0 Å². The summed E-state index contributed by atoms with van der Waals surface area (Å²) >= 11 is 0. The van der Waals surface area contributed by atoms with Crippen molar-refractivity contribution in [2.75, 3.05) is 26.3 Å². The third kappa shape index (κ3) is 3.49. The summed E-state index contributed by atoms with van der Waals surface area (Å²) in [5.74, 6) is -0.323. The molecule has 1 saturated heterocycles. The average molecular weight is 255 g/mol. The number of hydrogen-bond acceptors (Lipinski definition) is 4. The minimum Gasteiger partial charge on any atom is -0.387 e. The van der Waals surface area contributed by atoms with Crippen LogP contribution in [0.15, 0.2) is 24.3 Å². The van der Waals surface area contributed by atoms with Crippen LogP contribution in [0.4, 0.5) is 4.39 Å². The van der Waals surface area contributed by atoms with Gasteiger partial charge in [0.1, 0.15) is 11.4 Å². The van der Waals surface area contributed by atoms with Crippen molar-refractivity contribution in [2.24, 2.45) is 0 Å². The topological polar surface area (TPSA) is 61.7 Å². The summed E-state index contributed by atoms with van der Waals surface area (Å²) in [5.41, 5.74) is -0.179. The number of aliphatic hydroxyl groups is 2. The summed E-state index contributed by atoms with van der Waals surface area (Å²) in [6.45, 7) is 1.59.